The highest BCUT2D eigenvalue weighted by molar-refractivity contribution is 5.95. The van der Waals surface area contributed by atoms with Gasteiger partial charge in [-0.05, 0) is 38.0 Å². The summed E-state index contributed by atoms with van der Waals surface area (Å²) >= 11 is 0. The number of carbonyl (C=O) groups excluding carboxylic acids is 2. The van der Waals surface area contributed by atoms with Crippen LogP contribution in [0.4, 0.5) is 20.6 Å². The van der Waals surface area contributed by atoms with Crippen molar-refractivity contribution in [3.05, 3.63) is 40.5 Å². The van der Waals surface area contributed by atoms with E-state index in [-0.39, 0.29) is 11.6 Å². The van der Waals surface area contributed by atoms with Crippen LogP contribution in [0.1, 0.15) is 28.9 Å². The molecule has 0 fully saturated rings. The number of rotatable bonds is 3. The highest BCUT2D eigenvalue weighted by Gasteiger charge is 2.18. The van der Waals surface area contributed by atoms with E-state index in [9.17, 15) is 14.0 Å². The van der Waals surface area contributed by atoms with E-state index >= 15 is 0 Å². The van der Waals surface area contributed by atoms with Crippen LogP contribution in [0.3, 0.4) is 0 Å². The lowest BCUT2D eigenvalue weighted by Crippen LogP contribution is -2.29. The summed E-state index contributed by atoms with van der Waals surface area (Å²) in [6.07, 6.45) is 0.871. The Labute approximate surface area is 144 Å². The molecule has 132 valence electrons. The van der Waals surface area contributed by atoms with Crippen molar-refractivity contribution in [2.24, 2.45) is 7.05 Å². The summed E-state index contributed by atoms with van der Waals surface area (Å²) in [5, 5.41) is 12.2. The van der Waals surface area contributed by atoms with Crippen LogP contribution in [0.2, 0.25) is 0 Å². The number of hydrogen-bond donors (Lipinski definition) is 3. The molecule has 2 heterocycles. The Morgan fingerprint density at radius 3 is 2.80 bits per heavy atom. The first-order valence-corrected chi connectivity index (χ1v) is 8.01. The van der Waals surface area contributed by atoms with Crippen LogP contribution in [0.25, 0.3) is 0 Å². The van der Waals surface area contributed by atoms with Gasteiger partial charge in [0.2, 0.25) is 5.91 Å². The molecule has 3 amide bonds. The Morgan fingerprint density at radius 2 is 2.12 bits per heavy atom. The van der Waals surface area contributed by atoms with Gasteiger partial charge >= 0.3 is 6.03 Å². The molecule has 8 heteroatoms. The minimum absolute atomic E-state index is 0.0898. The van der Waals surface area contributed by atoms with Gasteiger partial charge in [-0.25, -0.2) is 9.18 Å². The van der Waals surface area contributed by atoms with Gasteiger partial charge < -0.3 is 16.0 Å². The third kappa shape index (κ3) is 3.47. The molecule has 1 aliphatic heterocycles. The zero-order valence-electron chi connectivity index (χ0n) is 14.4. The number of amides is 3. The van der Waals surface area contributed by atoms with Gasteiger partial charge in [-0.2, -0.15) is 5.10 Å². The number of anilines is 2. The maximum atomic E-state index is 14.2. The number of nitrogens with zero attached hydrogens (tertiary/aromatic N) is 2. The normalized spacial score (nSPS) is 13.2. The second kappa shape index (κ2) is 6.54. The van der Waals surface area contributed by atoms with Crippen molar-refractivity contribution in [2.45, 2.75) is 33.2 Å². The molecule has 7 nitrogen and oxygen atoms in total. The lowest BCUT2D eigenvalue weighted by atomic mass is 10.0. The summed E-state index contributed by atoms with van der Waals surface area (Å²) in [5.41, 5.74) is 4.10. The molecule has 0 bridgehead atoms. The van der Waals surface area contributed by atoms with Crippen LogP contribution in [0, 0.1) is 19.7 Å². The maximum Gasteiger partial charge on any atom is 0.319 e. The van der Waals surface area contributed by atoms with Crippen LogP contribution in [-0.2, 0) is 24.8 Å². The quantitative estimate of drug-likeness (QED) is 0.798. The van der Waals surface area contributed by atoms with Crippen molar-refractivity contribution in [3.63, 3.8) is 0 Å². The largest absolute Gasteiger partial charge is 0.334 e. The lowest BCUT2D eigenvalue weighted by Gasteiger charge is -2.18. The summed E-state index contributed by atoms with van der Waals surface area (Å²) < 4.78 is 15.9. The van der Waals surface area contributed by atoms with Crippen LogP contribution >= 0.6 is 0 Å². The van der Waals surface area contributed by atoms with Crippen molar-refractivity contribution >= 4 is 23.3 Å². The summed E-state index contributed by atoms with van der Waals surface area (Å²) in [6, 6.07) is 2.29. The molecule has 0 unspecified atom stereocenters. The van der Waals surface area contributed by atoms with E-state index in [2.05, 4.69) is 21.0 Å². The molecule has 1 aliphatic rings. The zero-order valence-corrected chi connectivity index (χ0v) is 14.4. The van der Waals surface area contributed by atoms with Gasteiger partial charge in [0.1, 0.15) is 5.82 Å². The van der Waals surface area contributed by atoms with Gasteiger partial charge in [-0.3, -0.25) is 9.48 Å². The Balaban J connectivity index is 1.68. The van der Waals surface area contributed by atoms with Crippen LogP contribution in [0.15, 0.2) is 12.1 Å². The fourth-order valence-corrected chi connectivity index (χ4v) is 2.91. The van der Waals surface area contributed by atoms with Crippen LogP contribution < -0.4 is 16.0 Å². The van der Waals surface area contributed by atoms with Crippen molar-refractivity contribution < 1.29 is 14.0 Å². The monoisotopic (exact) mass is 345 g/mol. The van der Waals surface area contributed by atoms with Crippen molar-refractivity contribution in [1.82, 2.24) is 15.1 Å². The van der Waals surface area contributed by atoms with Crippen LogP contribution in [-0.4, -0.2) is 21.7 Å². The van der Waals surface area contributed by atoms with Crippen molar-refractivity contribution in [1.29, 1.82) is 0 Å². The van der Waals surface area contributed by atoms with E-state index in [1.807, 2.05) is 20.9 Å². The highest BCUT2D eigenvalue weighted by Crippen LogP contribution is 2.28. The smallest absolute Gasteiger partial charge is 0.319 e. The van der Waals surface area contributed by atoms with Gasteiger partial charge in [-0.1, -0.05) is 0 Å². The Hall–Kier alpha value is -2.90. The van der Waals surface area contributed by atoms with Gasteiger partial charge in [-0.15, -0.1) is 0 Å². The lowest BCUT2D eigenvalue weighted by molar-refractivity contribution is -0.116. The van der Waals surface area contributed by atoms with Crippen molar-refractivity contribution in [2.75, 3.05) is 10.6 Å². The molecule has 2 aromatic rings. The average Bonchev–Trinajstić information content (AvgIpc) is 2.79. The Morgan fingerprint density at radius 1 is 1.36 bits per heavy atom. The molecule has 1 aromatic carbocycles. The first-order valence-electron chi connectivity index (χ1n) is 8.01. The second-order valence-corrected chi connectivity index (χ2v) is 6.12. The fraction of sp³-hybridized carbons (Fsp3) is 0.353. The third-order valence-corrected chi connectivity index (χ3v) is 4.42. The molecular weight excluding hydrogens is 325 g/mol. The zero-order chi connectivity index (χ0) is 18.1. The summed E-state index contributed by atoms with van der Waals surface area (Å²) in [4.78, 5) is 23.5. The van der Waals surface area contributed by atoms with Gasteiger partial charge in [0.05, 0.1) is 11.4 Å². The fourth-order valence-electron chi connectivity index (χ4n) is 2.91. The Bertz CT molecular complexity index is 859. The summed E-state index contributed by atoms with van der Waals surface area (Å²) in [5.74, 6) is -0.725. The summed E-state index contributed by atoms with van der Waals surface area (Å²) in [7, 11) is 1.84. The number of fused-ring (bicyclic) bond motifs is 1. The van der Waals surface area contributed by atoms with E-state index in [0.29, 0.717) is 25.1 Å². The van der Waals surface area contributed by atoms with E-state index < -0.39 is 11.8 Å². The number of carbonyl (C=O) groups is 2. The topological polar surface area (TPSA) is 88.1 Å². The minimum atomic E-state index is -0.593. The standard InChI is InChI=1S/C17H20FN5O2/c1-9-12(10(2)23(3)22-9)8-19-17(25)21-15-6-11-4-5-16(24)20-14(11)7-13(15)18/h6-7H,4-5,8H2,1-3H3,(H,20,24)(H2,19,21,25). The predicted octanol–water partition coefficient (Wildman–Crippen LogP) is 2.38. The van der Waals surface area contributed by atoms with E-state index in [1.165, 1.54) is 6.07 Å². The molecule has 1 aromatic heterocycles. The molecule has 3 N–H and O–H groups in total. The summed E-state index contributed by atoms with van der Waals surface area (Å²) in [6.45, 7) is 4.10. The maximum absolute atomic E-state index is 14.2. The van der Waals surface area contributed by atoms with Crippen LogP contribution in [0.5, 0.6) is 0 Å². The number of urea groups is 1. The molecule has 0 atom stereocenters. The highest BCUT2D eigenvalue weighted by atomic mass is 19.1. The minimum Gasteiger partial charge on any atom is -0.334 e. The van der Waals surface area contributed by atoms with E-state index in [0.717, 1.165) is 22.5 Å². The average molecular weight is 345 g/mol. The molecule has 0 saturated heterocycles. The number of aryl methyl sites for hydroxylation is 3. The molecular formula is C17H20FN5O2. The Kier molecular flexibility index (Phi) is 4.43. The molecule has 0 aliphatic carbocycles. The van der Waals surface area contributed by atoms with E-state index in [1.54, 1.807) is 10.7 Å². The molecule has 0 saturated carbocycles. The molecule has 0 spiro atoms. The third-order valence-electron chi connectivity index (χ3n) is 4.42. The number of nitrogens with one attached hydrogen (secondary N) is 3. The van der Waals surface area contributed by atoms with Gasteiger partial charge in [0.15, 0.2) is 0 Å². The number of hydrogen-bond acceptors (Lipinski definition) is 3. The first kappa shape index (κ1) is 16.9. The first-order chi connectivity index (χ1) is 11.8. The van der Waals surface area contributed by atoms with Gasteiger partial charge in [0.25, 0.3) is 0 Å². The number of aromatic nitrogens is 2. The molecule has 3 rings (SSSR count). The molecule has 25 heavy (non-hydrogen) atoms. The SMILES string of the molecule is Cc1nn(C)c(C)c1CNC(=O)Nc1cc2c(cc1F)NC(=O)CC2. The van der Waals surface area contributed by atoms with E-state index in [4.69, 9.17) is 0 Å². The predicted molar refractivity (Wildman–Crippen MR) is 91.9 cm³/mol. The van der Waals surface area contributed by atoms with Crippen molar-refractivity contribution in [3.8, 4) is 0 Å². The number of benzene rings is 1. The second-order valence-electron chi connectivity index (χ2n) is 6.12. The number of halogens is 1. The molecule has 0 radical (unpaired) electrons. The van der Waals surface area contributed by atoms with Gasteiger partial charge in [0, 0.05) is 37.0 Å².